The van der Waals surface area contributed by atoms with Gasteiger partial charge in [0.2, 0.25) is 0 Å². The van der Waals surface area contributed by atoms with Gasteiger partial charge in [0.25, 0.3) is 0 Å². The number of phenolic OH excluding ortho intramolecular Hbond substituents is 1. The van der Waals surface area contributed by atoms with Gasteiger partial charge in [0.15, 0.2) is 23.0 Å². The van der Waals surface area contributed by atoms with Gasteiger partial charge in [0, 0.05) is 18.3 Å². The Kier molecular flexibility index (Phi) is 6.35. The fraction of sp³-hybridized carbons (Fsp3) is 0.240. The van der Waals surface area contributed by atoms with Crippen LogP contribution in [0.2, 0.25) is 0 Å². The standard InChI is InChI=1S/C25H26N2O5/c1-30-22-5-3-4-6-23(22)32-20-12-8-18(9-13-20)26-25(29)27(19-10-11-19)16-17-7-14-21(28)24(15-17)31-2/h3-9,12-15,19,28H,10-11,16H2,1-2H3,(H,26,29). The summed E-state index contributed by atoms with van der Waals surface area (Å²) in [4.78, 5) is 14.8. The predicted molar refractivity (Wildman–Crippen MR) is 122 cm³/mol. The zero-order valence-electron chi connectivity index (χ0n) is 18.1. The molecule has 3 aromatic rings. The number of para-hydroxylation sites is 2. The summed E-state index contributed by atoms with van der Waals surface area (Å²) >= 11 is 0. The minimum Gasteiger partial charge on any atom is -0.504 e. The molecule has 1 fully saturated rings. The number of carbonyl (C=O) groups excluding carboxylic acids is 1. The fourth-order valence-electron chi connectivity index (χ4n) is 3.40. The van der Waals surface area contributed by atoms with Crippen LogP contribution in [-0.2, 0) is 6.54 Å². The first-order chi connectivity index (χ1) is 15.6. The molecule has 1 saturated carbocycles. The van der Waals surface area contributed by atoms with Crippen molar-refractivity contribution in [2.24, 2.45) is 0 Å². The third-order valence-electron chi connectivity index (χ3n) is 5.25. The van der Waals surface area contributed by atoms with Crippen LogP contribution in [0.25, 0.3) is 0 Å². The summed E-state index contributed by atoms with van der Waals surface area (Å²) in [5.74, 6) is 2.38. The highest BCUT2D eigenvalue weighted by atomic mass is 16.5. The number of benzene rings is 3. The Balaban J connectivity index is 1.41. The number of urea groups is 1. The molecule has 7 nitrogen and oxygen atoms in total. The molecule has 2 N–H and O–H groups in total. The number of aromatic hydroxyl groups is 1. The van der Waals surface area contributed by atoms with Gasteiger partial charge in [-0.1, -0.05) is 18.2 Å². The second kappa shape index (κ2) is 9.51. The van der Waals surface area contributed by atoms with Crippen LogP contribution in [0.4, 0.5) is 10.5 Å². The minimum atomic E-state index is -0.169. The normalized spacial score (nSPS) is 12.7. The predicted octanol–water partition coefficient (Wildman–Crippen LogP) is 5.40. The van der Waals surface area contributed by atoms with Gasteiger partial charge in [-0.25, -0.2) is 4.79 Å². The van der Waals surface area contributed by atoms with Crippen LogP contribution in [0.15, 0.2) is 66.7 Å². The molecule has 2 amide bonds. The van der Waals surface area contributed by atoms with E-state index >= 15 is 0 Å². The lowest BCUT2D eigenvalue weighted by Crippen LogP contribution is -2.36. The number of phenols is 1. The molecule has 0 atom stereocenters. The highest BCUT2D eigenvalue weighted by Gasteiger charge is 2.32. The largest absolute Gasteiger partial charge is 0.504 e. The average Bonchev–Trinajstić information content (AvgIpc) is 3.65. The summed E-state index contributed by atoms with van der Waals surface area (Å²) in [5.41, 5.74) is 1.57. The zero-order chi connectivity index (χ0) is 22.5. The van der Waals surface area contributed by atoms with E-state index in [1.165, 1.54) is 7.11 Å². The Bertz CT molecular complexity index is 1080. The van der Waals surface area contributed by atoms with Gasteiger partial charge in [0.1, 0.15) is 5.75 Å². The fourth-order valence-corrected chi connectivity index (χ4v) is 3.40. The monoisotopic (exact) mass is 434 g/mol. The molecule has 1 aliphatic rings. The van der Waals surface area contributed by atoms with Crippen LogP contribution < -0.4 is 19.5 Å². The summed E-state index contributed by atoms with van der Waals surface area (Å²) in [7, 11) is 3.10. The van der Waals surface area contributed by atoms with Gasteiger partial charge in [-0.2, -0.15) is 0 Å². The van der Waals surface area contributed by atoms with E-state index in [0.29, 0.717) is 35.2 Å². The van der Waals surface area contributed by atoms with Crippen LogP contribution in [0.1, 0.15) is 18.4 Å². The van der Waals surface area contributed by atoms with Gasteiger partial charge < -0.3 is 29.5 Å². The second-order valence-electron chi connectivity index (χ2n) is 7.57. The first-order valence-corrected chi connectivity index (χ1v) is 10.4. The van der Waals surface area contributed by atoms with Crippen LogP contribution in [0, 0.1) is 0 Å². The molecule has 4 rings (SSSR count). The molecule has 166 valence electrons. The van der Waals surface area contributed by atoms with Gasteiger partial charge in [-0.15, -0.1) is 0 Å². The third kappa shape index (κ3) is 5.06. The molecule has 0 bridgehead atoms. The molecule has 0 spiro atoms. The number of nitrogens with zero attached hydrogens (tertiary/aromatic N) is 1. The minimum absolute atomic E-state index is 0.0779. The van der Waals surface area contributed by atoms with Crippen LogP contribution in [-0.4, -0.2) is 36.3 Å². The summed E-state index contributed by atoms with van der Waals surface area (Å²) in [5, 5.41) is 12.8. The third-order valence-corrected chi connectivity index (χ3v) is 5.25. The first kappa shape index (κ1) is 21.4. The Morgan fingerprint density at radius 1 is 0.969 bits per heavy atom. The summed E-state index contributed by atoms with van der Waals surface area (Å²) in [6.07, 6.45) is 1.96. The van der Waals surface area contributed by atoms with E-state index in [4.69, 9.17) is 14.2 Å². The maximum absolute atomic E-state index is 13.0. The molecule has 0 aliphatic heterocycles. The number of ether oxygens (including phenoxy) is 3. The van der Waals surface area contributed by atoms with Crippen molar-refractivity contribution in [3.8, 4) is 28.7 Å². The zero-order valence-corrected chi connectivity index (χ0v) is 18.1. The van der Waals surface area contributed by atoms with Gasteiger partial charge in [0.05, 0.1) is 14.2 Å². The molecule has 3 aromatic carbocycles. The van der Waals surface area contributed by atoms with Crippen molar-refractivity contribution in [3.63, 3.8) is 0 Å². The highest BCUT2D eigenvalue weighted by Crippen LogP contribution is 2.33. The van der Waals surface area contributed by atoms with Crippen molar-refractivity contribution < 1.29 is 24.1 Å². The number of hydrogen-bond acceptors (Lipinski definition) is 5. The highest BCUT2D eigenvalue weighted by molar-refractivity contribution is 5.89. The van der Waals surface area contributed by atoms with E-state index in [1.54, 1.807) is 49.6 Å². The smallest absolute Gasteiger partial charge is 0.322 e. The average molecular weight is 434 g/mol. The summed E-state index contributed by atoms with van der Waals surface area (Å²) in [6, 6.07) is 19.8. The summed E-state index contributed by atoms with van der Waals surface area (Å²) in [6.45, 7) is 0.433. The molecule has 0 unspecified atom stereocenters. The quantitative estimate of drug-likeness (QED) is 0.496. The summed E-state index contributed by atoms with van der Waals surface area (Å²) < 4.78 is 16.4. The molecule has 0 aromatic heterocycles. The number of carbonyl (C=O) groups is 1. The number of nitrogens with one attached hydrogen (secondary N) is 1. The van der Waals surface area contributed by atoms with Crippen molar-refractivity contribution in [1.29, 1.82) is 0 Å². The van der Waals surface area contributed by atoms with Crippen molar-refractivity contribution in [2.45, 2.75) is 25.4 Å². The second-order valence-corrected chi connectivity index (χ2v) is 7.57. The van der Waals surface area contributed by atoms with Gasteiger partial charge in [-0.3, -0.25) is 0 Å². The number of rotatable bonds is 8. The first-order valence-electron chi connectivity index (χ1n) is 10.4. The topological polar surface area (TPSA) is 80.3 Å². The SMILES string of the molecule is COc1cc(CN(C(=O)Nc2ccc(Oc3ccccc3OC)cc2)C2CC2)ccc1O. The molecule has 0 radical (unpaired) electrons. The van der Waals surface area contributed by atoms with Crippen molar-refractivity contribution in [2.75, 3.05) is 19.5 Å². The number of anilines is 1. The van der Waals surface area contributed by atoms with Crippen molar-refractivity contribution in [1.82, 2.24) is 4.90 Å². The van der Waals surface area contributed by atoms with E-state index < -0.39 is 0 Å². The lowest BCUT2D eigenvalue weighted by molar-refractivity contribution is 0.206. The molecular weight excluding hydrogens is 408 g/mol. The number of hydrogen-bond donors (Lipinski definition) is 2. The Morgan fingerprint density at radius 2 is 1.66 bits per heavy atom. The maximum atomic E-state index is 13.0. The lowest BCUT2D eigenvalue weighted by Gasteiger charge is -2.23. The van der Waals surface area contributed by atoms with Gasteiger partial charge >= 0.3 is 6.03 Å². The molecule has 32 heavy (non-hydrogen) atoms. The molecule has 0 heterocycles. The van der Waals surface area contributed by atoms with Crippen molar-refractivity contribution >= 4 is 11.7 Å². The van der Waals surface area contributed by atoms with E-state index in [2.05, 4.69) is 5.32 Å². The van der Waals surface area contributed by atoms with E-state index in [-0.39, 0.29) is 17.8 Å². The van der Waals surface area contributed by atoms with Crippen LogP contribution >= 0.6 is 0 Å². The van der Waals surface area contributed by atoms with Crippen LogP contribution in [0.5, 0.6) is 28.7 Å². The van der Waals surface area contributed by atoms with Gasteiger partial charge in [-0.05, 0) is 66.9 Å². The van der Waals surface area contributed by atoms with E-state index in [1.807, 2.05) is 29.2 Å². The lowest BCUT2D eigenvalue weighted by atomic mass is 10.2. The number of amides is 2. The number of methoxy groups -OCH3 is 2. The maximum Gasteiger partial charge on any atom is 0.322 e. The molecule has 0 saturated heterocycles. The van der Waals surface area contributed by atoms with E-state index in [0.717, 1.165) is 18.4 Å². The van der Waals surface area contributed by atoms with Crippen LogP contribution in [0.3, 0.4) is 0 Å². The Morgan fingerprint density at radius 3 is 2.31 bits per heavy atom. The molecular formula is C25H26N2O5. The molecule has 1 aliphatic carbocycles. The Labute approximate surface area is 187 Å². The molecule has 7 heteroatoms. The van der Waals surface area contributed by atoms with Crippen molar-refractivity contribution in [3.05, 3.63) is 72.3 Å². The van der Waals surface area contributed by atoms with E-state index in [9.17, 15) is 9.90 Å². The Hall–Kier alpha value is -3.87.